The molecule has 1 aromatic carbocycles. The normalized spacial score (nSPS) is 15.2. The summed E-state index contributed by atoms with van der Waals surface area (Å²) in [5.74, 6) is -0.444. The molecule has 0 atom stereocenters. The highest BCUT2D eigenvalue weighted by Crippen LogP contribution is 2.33. The van der Waals surface area contributed by atoms with Crippen LogP contribution >= 0.6 is 0 Å². The number of carboxylic acids is 1. The minimum atomic E-state index is -3.42. The van der Waals surface area contributed by atoms with Crippen LogP contribution in [0.4, 0.5) is 0 Å². The van der Waals surface area contributed by atoms with Gasteiger partial charge in [-0.2, -0.15) is 0 Å². The number of aromatic carboxylic acids is 1. The number of hydrogen-bond acceptors (Lipinski definition) is 4. The first-order chi connectivity index (χ1) is 8.94. The second kappa shape index (κ2) is 5.21. The highest BCUT2D eigenvalue weighted by molar-refractivity contribution is 7.91. The van der Waals surface area contributed by atoms with Crippen LogP contribution in [0.15, 0.2) is 23.1 Å². The maximum absolute atomic E-state index is 12.1. The van der Waals surface area contributed by atoms with Gasteiger partial charge in [0.2, 0.25) is 0 Å². The number of rotatable bonds is 6. The molecule has 0 spiro atoms. The summed E-state index contributed by atoms with van der Waals surface area (Å²) in [6.45, 7) is 0. The number of hydrogen-bond donors (Lipinski definition) is 1. The van der Waals surface area contributed by atoms with Crippen molar-refractivity contribution in [2.45, 2.75) is 24.2 Å². The Morgan fingerprint density at radius 2 is 2.11 bits per heavy atom. The lowest BCUT2D eigenvalue weighted by Gasteiger charge is -2.08. The average molecular weight is 284 g/mol. The van der Waals surface area contributed by atoms with Gasteiger partial charge in [-0.3, -0.25) is 0 Å². The molecule has 19 heavy (non-hydrogen) atoms. The lowest BCUT2D eigenvalue weighted by Crippen LogP contribution is -2.09. The Kier molecular flexibility index (Phi) is 3.80. The van der Waals surface area contributed by atoms with E-state index in [1.807, 2.05) is 0 Å². The molecular weight excluding hydrogens is 268 g/mol. The molecule has 0 aliphatic heterocycles. The number of methoxy groups -OCH3 is 1. The maximum atomic E-state index is 12.1. The molecular formula is C13H16O5S. The average Bonchev–Trinajstić information content (AvgIpc) is 3.19. The zero-order valence-corrected chi connectivity index (χ0v) is 11.4. The Labute approximate surface area is 112 Å². The Balaban J connectivity index is 2.28. The summed E-state index contributed by atoms with van der Waals surface area (Å²) in [6, 6.07) is 3.95. The lowest BCUT2D eigenvalue weighted by atomic mass is 10.2. The second-order valence-corrected chi connectivity index (χ2v) is 6.83. The molecule has 0 bridgehead atoms. The van der Waals surface area contributed by atoms with E-state index in [2.05, 4.69) is 0 Å². The van der Waals surface area contributed by atoms with Gasteiger partial charge < -0.3 is 9.84 Å². The van der Waals surface area contributed by atoms with Crippen molar-refractivity contribution in [3.05, 3.63) is 23.8 Å². The largest absolute Gasteiger partial charge is 0.496 e. The molecule has 1 aliphatic carbocycles. The molecule has 2 rings (SSSR count). The molecule has 1 aliphatic rings. The van der Waals surface area contributed by atoms with Gasteiger partial charge in [0.15, 0.2) is 9.84 Å². The van der Waals surface area contributed by atoms with Gasteiger partial charge in [-0.15, -0.1) is 0 Å². The lowest BCUT2D eigenvalue weighted by molar-refractivity contribution is 0.0693. The number of sulfone groups is 1. The fourth-order valence-electron chi connectivity index (χ4n) is 1.89. The molecule has 1 fully saturated rings. The topological polar surface area (TPSA) is 80.7 Å². The third kappa shape index (κ3) is 3.26. The summed E-state index contributed by atoms with van der Waals surface area (Å²) < 4.78 is 29.1. The molecule has 1 aromatic rings. The van der Waals surface area contributed by atoms with Crippen LogP contribution in [-0.4, -0.2) is 32.4 Å². The van der Waals surface area contributed by atoms with E-state index in [1.165, 1.54) is 25.3 Å². The summed E-state index contributed by atoms with van der Waals surface area (Å²) in [6.07, 6.45) is 2.84. The smallest absolute Gasteiger partial charge is 0.339 e. The van der Waals surface area contributed by atoms with Gasteiger partial charge in [0.1, 0.15) is 11.3 Å². The molecule has 104 valence electrons. The van der Waals surface area contributed by atoms with E-state index in [4.69, 9.17) is 9.84 Å². The predicted octanol–water partition coefficient (Wildman–Crippen LogP) is 1.97. The number of carboxylic acid groups (broad SMARTS) is 1. The zero-order chi connectivity index (χ0) is 14.0. The van der Waals surface area contributed by atoms with Crippen LogP contribution in [0.3, 0.4) is 0 Å². The molecule has 0 radical (unpaired) electrons. The van der Waals surface area contributed by atoms with Gasteiger partial charge in [-0.1, -0.05) is 12.8 Å². The van der Waals surface area contributed by atoms with Crippen molar-refractivity contribution in [1.29, 1.82) is 0 Å². The van der Waals surface area contributed by atoms with Gasteiger partial charge in [-0.05, 0) is 30.5 Å². The zero-order valence-electron chi connectivity index (χ0n) is 10.6. The van der Waals surface area contributed by atoms with E-state index in [9.17, 15) is 13.2 Å². The van der Waals surface area contributed by atoms with Crippen molar-refractivity contribution in [2.75, 3.05) is 12.9 Å². The maximum Gasteiger partial charge on any atom is 0.339 e. The van der Waals surface area contributed by atoms with E-state index in [0.29, 0.717) is 12.3 Å². The van der Waals surface area contributed by atoms with Gasteiger partial charge >= 0.3 is 5.97 Å². The van der Waals surface area contributed by atoms with Crippen molar-refractivity contribution in [3.8, 4) is 5.75 Å². The Bertz CT molecular complexity index is 587. The molecule has 0 unspecified atom stereocenters. The third-order valence-corrected chi connectivity index (χ3v) is 5.00. The highest BCUT2D eigenvalue weighted by atomic mass is 32.2. The van der Waals surface area contributed by atoms with Crippen LogP contribution in [0.5, 0.6) is 5.75 Å². The minimum Gasteiger partial charge on any atom is -0.496 e. The number of benzene rings is 1. The third-order valence-electron chi connectivity index (χ3n) is 3.25. The van der Waals surface area contributed by atoms with Crippen molar-refractivity contribution in [1.82, 2.24) is 0 Å². The van der Waals surface area contributed by atoms with Gasteiger partial charge in [0.05, 0.1) is 17.8 Å². The molecule has 6 heteroatoms. The van der Waals surface area contributed by atoms with Gasteiger partial charge in [0, 0.05) is 0 Å². The first-order valence-corrected chi connectivity index (χ1v) is 7.73. The second-order valence-electron chi connectivity index (χ2n) is 4.72. The standard InChI is InChI=1S/C13H16O5S/c1-18-12-5-4-10(8-11(12)13(14)15)19(16,17)7-6-9-2-3-9/h4-5,8-9H,2-3,6-7H2,1H3,(H,14,15). The highest BCUT2D eigenvalue weighted by Gasteiger charge is 2.25. The van der Waals surface area contributed by atoms with E-state index < -0.39 is 15.8 Å². The van der Waals surface area contributed by atoms with Crippen LogP contribution in [0.25, 0.3) is 0 Å². The molecule has 1 N–H and O–H groups in total. The molecule has 0 amide bonds. The number of carbonyl (C=O) groups is 1. The summed E-state index contributed by atoms with van der Waals surface area (Å²) in [4.78, 5) is 11.1. The van der Waals surface area contributed by atoms with E-state index >= 15 is 0 Å². The summed E-state index contributed by atoms with van der Waals surface area (Å²) >= 11 is 0. The van der Waals surface area contributed by atoms with Crippen molar-refractivity contribution >= 4 is 15.8 Å². The van der Waals surface area contributed by atoms with Crippen LogP contribution in [-0.2, 0) is 9.84 Å². The van der Waals surface area contributed by atoms with Crippen LogP contribution in [0.2, 0.25) is 0 Å². The monoisotopic (exact) mass is 284 g/mol. The molecule has 1 saturated carbocycles. The molecule has 0 aromatic heterocycles. The Morgan fingerprint density at radius 1 is 1.42 bits per heavy atom. The summed E-state index contributed by atoms with van der Waals surface area (Å²) in [5.41, 5.74) is -0.130. The van der Waals surface area contributed by atoms with Gasteiger partial charge in [0.25, 0.3) is 0 Å². The quantitative estimate of drug-likeness (QED) is 0.863. The predicted molar refractivity (Wildman–Crippen MR) is 69.3 cm³/mol. The fraction of sp³-hybridized carbons (Fsp3) is 0.462. The SMILES string of the molecule is COc1ccc(S(=O)(=O)CCC2CC2)cc1C(=O)O. The van der Waals surface area contributed by atoms with E-state index in [1.54, 1.807) is 0 Å². The summed E-state index contributed by atoms with van der Waals surface area (Å²) in [5, 5.41) is 9.04. The van der Waals surface area contributed by atoms with Gasteiger partial charge in [-0.25, -0.2) is 13.2 Å². The van der Waals surface area contributed by atoms with Crippen molar-refractivity contribution in [3.63, 3.8) is 0 Å². The van der Waals surface area contributed by atoms with Crippen molar-refractivity contribution < 1.29 is 23.1 Å². The minimum absolute atomic E-state index is 0.0475. The van der Waals surface area contributed by atoms with E-state index in [0.717, 1.165) is 12.8 Å². The van der Waals surface area contributed by atoms with Crippen molar-refractivity contribution in [2.24, 2.45) is 5.92 Å². The van der Waals surface area contributed by atoms with Crippen LogP contribution in [0.1, 0.15) is 29.6 Å². The van der Waals surface area contributed by atoms with Crippen LogP contribution in [0, 0.1) is 5.92 Å². The molecule has 5 nitrogen and oxygen atoms in total. The molecule has 0 saturated heterocycles. The first kappa shape index (κ1) is 13.9. The Morgan fingerprint density at radius 3 is 2.63 bits per heavy atom. The van der Waals surface area contributed by atoms with Crippen LogP contribution < -0.4 is 4.74 Å². The first-order valence-electron chi connectivity index (χ1n) is 6.08. The summed E-state index contributed by atoms with van der Waals surface area (Å²) in [7, 11) is -2.06. The molecule has 0 heterocycles. The van der Waals surface area contributed by atoms with E-state index in [-0.39, 0.29) is 22.0 Å². The number of ether oxygens (including phenoxy) is 1. The Hall–Kier alpha value is -1.56. The fourth-order valence-corrected chi connectivity index (χ4v) is 3.35.